The fraction of sp³-hybridized carbons (Fsp3) is 0.367. The first kappa shape index (κ1) is 24.3. The van der Waals surface area contributed by atoms with Crippen molar-refractivity contribution in [1.82, 2.24) is 19.9 Å². The molecular formula is C30H35N5O. The van der Waals surface area contributed by atoms with Crippen molar-refractivity contribution < 1.29 is 4.74 Å². The molecule has 2 atom stereocenters. The third-order valence-corrected chi connectivity index (χ3v) is 6.63. The zero-order valence-corrected chi connectivity index (χ0v) is 21.8. The van der Waals surface area contributed by atoms with Gasteiger partial charge in [-0.1, -0.05) is 39.0 Å². The number of pyridine rings is 1. The monoisotopic (exact) mass is 481 g/mol. The molecule has 0 spiro atoms. The minimum Gasteiger partial charge on any atom is -0.373 e. The van der Waals surface area contributed by atoms with E-state index in [0.717, 1.165) is 52.4 Å². The summed E-state index contributed by atoms with van der Waals surface area (Å²) < 4.78 is 5.93. The van der Waals surface area contributed by atoms with Gasteiger partial charge in [-0.3, -0.25) is 9.88 Å². The van der Waals surface area contributed by atoms with Gasteiger partial charge < -0.3 is 10.1 Å². The van der Waals surface area contributed by atoms with Crippen LogP contribution in [0.4, 0.5) is 11.5 Å². The zero-order valence-electron chi connectivity index (χ0n) is 21.8. The summed E-state index contributed by atoms with van der Waals surface area (Å²) in [7, 11) is 0. The lowest BCUT2D eigenvalue weighted by Gasteiger charge is -2.34. The second-order valence-corrected chi connectivity index (χ2v) is 10.9. The number of benzene rings is 2. The predicted molar refractivity (Wildman–Crippen MR) is 146 cm³/mol. The van der Waals surface area contributed by atoms with Gasteiger partial charge in [0.05, 0.1) is 24.3 Å². The molecule has 3 heterocycles. The first-order valence-electron chi connectivity index (χ1n) is 12.7. The van der Waals surface area contributed by atoms with Crippen molar-refractivity contribution >= 4 is 22.4 Å². The SMILES string of the molecule is C[C@@H]1CN(Cc2nc(Nc3ccc(C(C)(C)C)cc3)c3ccc(-c4ccncc4)cc3n2)C[C@H](C)O1. The molecule has 0 amide bonds. The van der Waals surface area contributed by atoms with E-state index >= 15 is 0 Å². The number of rotatable bonds is 5. The summed E-state index contributed by atoms with van der Waals surface area (Å²) in [6, 6.07) is 19.1. The second-order valence-electron chi connectivity index (χ2n) is 10.9. The minimum atomic E-state index is 0.114. The number of anilines is 2. The molecule has 1 saturated heterocycles. The Kier molecular flexibility index (Phi) is 6.73. The Balaban J connectivity index is 1.52. The summed E-state index contributed by atoms with van der Waals surface area (Å²) in [5.74, 6) is 1.64. The molecule has 1 N–H and O–H groups in total. The van der Waals surface area contributed by atoms with Gasteiger partial charge in [0, 0.05) is 36.6 Å². The van der Waals surface area contributed by atoms with Crippen molar-refractivity contribution in [2.24, 2.45) is 0 Å². The number of aromatic nitrogens is 3. The van der Waals surface area contributed by atoms with Crippen molar-refractivity contribution in [2.75, 3.05) is 18.4 Å². The van der Waals surface area contributed by atoms with Crippen molar-refractivity contribution in [2.45, 2.75) is 58.8 Å². The number of hydrogen-bond acceptors (Lipinski definition) is 6. The summed E-state index contributed by atoms with van der Waals surface area (Å²) in [6.45, 7) is 13.4. The third-order valence-electron chi connectivity index (χ3n) is 6.63. The molecule has 1 aliphatic rings. The van der Waals surface area contributed by atoms with Crippen molar-refractivity contribution in [3.05, 3.63) is 78.4 Å². The third kappa shape index (κ3) is 5.55. The summed E-state index contributed by atoms with van der Waals surface area (Å²) in [4.78, 5) is 16.5. The van der Waals surface area contributed by atoms with Gasteiger partial charge in [-0.15, -0.1) is 0 Å². The van der Waals surface area contributed by atoms with Crippen LogP contribution in [0, 0.1) is 0 Å². The van der Waals surface area contributed by atoms with Gasteiger partial charge in [-0.25, -0.2) is 9.97 Å². The lowest BCUT2D eigenvalue weighted by atomic mass is 9.87. The normalized spacial score (nSPS) is 18.9. The first-order valence-corrected chi connectivity index (χ1v) is 12.7. The van der Waals surface area contributed by atoms with Gasteiger partial charge in [0.2, 0.25) is 0 Å². The zero-order chi connectivity index (χ0) is 25.3. The number of nitrogens with one attached hydrogen (secondary N) is 1. The number of ether oxygens (including phenoxy) is 1. The van der Waals surface area contributed by atoms with E-state index in [9.17, 15) is 0 Å². The molecule has 1 fully saturated rings. The lowest BCUT2D eigenvalue weighted by molar-refractivity contribution is -0.0710. The molecule has 6 heteroatoms. The Labute approximate surface area is 213 Å². The van der Waals surface area contributed by atoms with Crippen LogP contribution in [-0.2, 0) is 16.7 Å². The molecular weight excluding hydrogens is 446 g/mol. The topological polar surface area (TPSA) is 63.2 Å². The molecule has 36 heavy (non-hydrogen) atoms. The number of fused-ring (bicyclic) bond motifs is 1. The van der Waals surface area contributed by atoms with Crippen LogP contribution in [0.25, 0.3) is 22.0 Å². The maximum Gasteiger partial charge on any atom is 0.145 e. The molecule has 1 aliphatic heterocycles. The average Bonchev–Trinajstić information content (AvgIpc) is 2.83. The molecule has 4 aromatic rings. The molecule has 2 aromatic heterocycles. The maximum absolute atomic E-state index is 5.93. The predicted octanol–water partition coefficient (Wildman–Crippen LogP) is 6.34. The molecule has 6 nitrogen and oxygen atoms in total. The molecule has 0 saturated carbocycles. The number of morpholine rings is 1. The van der Waals surface area contributed by atoms with Crippen molar-refractivity contribution in [3.8, 4) is 11.1 Å². The van der Waals surface area contributed by atoms with Gasteiger partial charge in [0.1, 0.15) is 11.6 Å². The van der Waals surface area contributed by atoms with Crippen LogP contribution in [0.2, 0.25) is 0 Å². The minimum absolute atomic E-state index is 0.114. The molecule has 0 unspecified atom stereocenters. The van der Waals surface area contributed by atoms with E-state index in [-0.39, 0.29) is 17.6 Å². The Morgan fingerprint density at radius 1 is 0.889 bits per heavy atom. The molecule has 5 rings (SSSR count). The Bertz CT molecular complexity index is 1320. The fourth-order valence-electron chi connectivity index (χ4n) is 4.87. The largest absolute Gasteiger partial charge is 0.373 e. The summed E-state index contributed by atoms with van der Waals surface area (Å²) in [5, 5.41) is 4.58. The Morgan fingerprint density at radius 2 is 1.58 bits per heavy atom. The van der Waals surface area contributed by atoms with Crippen LogP contribution in [0.5, 0.6) is 0 Å². The highest BCUT2D eigenvalue weighted by Crippen LogP contribution is 2.30. The van der Waals surface area contributed by atoms with E-state index in [1.807, 2.05) is 24.5 Å². The number of hydrogen-bond donors (Lipinski definition) is 1. The van der Waals surface area contributed by atoms with E-state index < -0.39 is 0 Å². The molecule has 0 radical (unpaired) electrons. The Hall–Kier alpha value is -3.35. The summed E-state index contributed by atoms with van der Waals surface area (Å²) >= 11 is 0. The quantitative estimate of drug-likeness (QED) is 0.359. The van der Waals surface area contributed by atoms with E-state index in [2.05, 4.69) is 92.3 Å². The van der Waals surface area contributed by atoms with E-state index in [1.165, 1.54) is 5.56 Å². The fourth-order valence-corrected chi connectivity index (χ4v) is 4.87. The maximum atomic E-state index is 5.93. The summed E-state index contributed by atoms with van der Waals surface area (Å²) in [6.07, 6.45) is 4.04. The Morgan fingerprint density at radius 3 is 2.25 bits per heavy atom. The molecule has 186 valence electrons. The smallest absolute Gasteiger partial charge is 0.145 e. The molecule has 0 aliphatic carbocycles. The van der Waals surface area contributed by atoms with Crippen LogP contribution in [0.3, 0.4) is 0 Å². The number of nitrogens with zero attached hydrogens (tertiary/aromatic N) is 4. The second kappa shape index (κ2) is 9.96. The van der Waals surface area contributed by atoms with Crippen molar-refractivity contribution in [1.29, 1.82) is 0 Å². The van der Waals surface area contributed by atoms with Gasteiger partial charge in [0.15, 0.2) is 0 Å². The highest BCUT2D eigenvalue weighted by atomic mass is 16.5. The van der Waals surface area contributed by atoms with Gasteiger partial charge in [-0.2, -0.15) is 0 Å². The van der Waals surface area contributed by atoms with Crippen LogP contribution in [-0.4, -0.2) is 45.1 Å². The standard InChI is InChI=1S/C30H35N5O/c1-20-17-35(18-21(2)36-20)19-28-33-27-16-23(22-12-14-31-15-13-22)6-11-26(27)29(34-28)32-25-9-7-24(8-10-25)30(3,4)5/h6-16,20-21H,17-19H2,1-5H3,(H,32,33,34)/t20-,21+. The highest BCUT2D eigenvalue weighted by molar-refractivity contribution is 5.93. The van der Waals surface area contributed by atoms with Crippen LogP contribution in [0.1, 0.15) is 46.0 Å². The lowest BCUT2D eigenvalue weighted by Crippen LogP contribution is -2.45. The molecule has 0 bridgehead atoms. The molecule has 2 aromatic carbocycles. The highest BCUT2D eigenvalue weighted by Gasteiger charge is 2.23. The van der Waals surface area contributed by atoms with Crippen LogP contribution >= 0.6 is 0 Å². The van der Waals surface area contributed by atoms with Gasteiger partial charge in [0.25, 0.3) is 0 Å². The van der Waals surface area contributed by atoms with E-state index in [4.69, 9.17) is 14.7 Å². The van der Waals surface area contributed by atoms with Gasteiger partial charge in [-0.05, 0) is 72.4 Å². The summed E-state index contributed by atoms with van der Waals surface area (Å²) in [5.41, 5.74) is 5.60. The first-order chi connectivity index (χ1) is 17.2. The van der Waals surface area contributed by atoms with Gasteiger partial charge >= 0.3 is 0 Å². The van der Waals surface area contributed by atoms with E-state index in [0.29, 0.717) is 6.54 Å². The van der Waals surface area contributed by atoms with Crippen molar-refractivity contribution in [3.63, 3.8) is 0 Å². The van der Waals surface area contributed by atoms with Crippen LogP contribution in [0.15, 0.2) is 67.0 Å². The van der Waals surface area contributed by atoms with E-state index in [1.54, 1.807) is 0 Å². The average molecular weight is 482 g/mol. The van der Waals surface area contributed by atoms with Crippen LogP contribution < -0.4 is 5.32 Å².